The maximum atomic E-state index is 12.8. The van der Waals surface area contributed by atoms with Gasteiger partial charge in [-0.05, 0) is 68.1 Å². The van der Waals surface area contributed by atoms with Crippen LogP contribution in [0.2, 0.25) is 5.02 Å². The molecule has 1 aliphatic rings. The SMILES string of the molecule is Cc1ccc(S(=O)(=O)Nc2ccc(Cl)c(S(=O)(=O)N3CCCC3)c2)cc1C. The fourth-order valence-corrected chi connectivity index (χ4v) is 6.08. The summed E-state index contributed by atoms with van der Waals surface area (Å²) in [6, 6.07) is 8.94. The predicted molar refractivity (Wildman–Crippen MR) is 106 cm³/mol. The van der Waals surface area contributed by atoms with E-state index in [0.717, 1.165) is 24.0 Å². The Morgan fingerprint density at radius 3 is 2.22 bits per heavy atom. The summed E-state index contributed by atoms with van der Waals surface area (Å²) in [5.41, 5.74) is 1.99. The zero-order chi connectivity index (χ0) is 19.8. The highest BCUT2D eigenvalue weighted by Gasteiger charge is 2.29. The largest absolute Gasteiger partial charge is 0.280 e. The van der Waals surface area contributed by atoms with Crippen molar-refractivity contribution in [1.29, 1.82) is 0 Å². The van der Waals surface area contributed by atoms with E-state index in [1.54, 1.807) is 12.1 Å². The molecule has 146 valence electrons. The molecule has 2 aromatic carbocycles. The highest BCUT2D eigenvalue weighted by atomic mass is 35.5. The maximum Gasteiger partial charge on any atom is 0.261 e. The molecule has 0 spiro atoms. The number of nitrogens with zero attached hydrogens (tertiary/aromatic N) is 1. The first-order chi connectivity index (χ1) is 12.6. The molecule has 1 aliphatic heterocycles. The second-order valence-electron chi connectivity index (χ2n) is 6.61. The fraction of sp³-hybridized carbons (Fsp3) is 0.333. The molecule has 3 rings (SSSR count). The Balaban J connectivity index is 1.95. The molecule has 0 saturated carbocycles. The lowest BCUT2D eigenvalue weighted by Crippen LogP contribution is -2.28. The molecule has 0 aromatic heterocycles. The first-order valence-electron chi connectivity index (χ1n) is 8.51. The van der Waals surface area contributed by atoms with Crippen LogP contribution in [0, 0.1) is 13.8 Å². The normalized spacial score (nSPS) is 15.8. The van der Waals surface area contributed by atoms with E-state index >= 15 is 0 Å². The smallest absolute Gasteiger partial charge is 0.261 e. The molecule has 0 amide bonds. The number of benzene rings is 2. The summed E-state index contributed by atoms with van der Waals surface area (Å²) < 4.78 is 54.7. The molecule has 2 aromatic rings. The molecular formula is C18H21ClN2O4S2. The van der Waals surface area contributed by atoms with E-state index in [2.05, 4.69) is 4.72 Å². The van der Waals surface area contributed by atoms with Crippen LogP contribution in [-0.4, -0.2) is 34.2 Å². The van der Waals surface area contributed by atoms with Gasteiger partial charge in [-0.3, -0.25) is 4.72 Å². The van der Waals surface area contributed by atoms with Gasteiger partial charge in [0.1, 0.15) is 4.90 Å². The highest BCUT2D eigenvalue weighted by Crippen LogP contribution is 2.30. The van der Waals surface area contributed by atoms with Crippen molar-refractivity contribution in [1.82, 2.24) is 4.31 Å². The molecule has 0 bridgehead atoms. The maximum absolute atomic E-state index is 12.8. The molecule has 27 heavy (non-hydrogen) atoms. The van der Waals surface area contributed by atoms with Gasteiger partial charge in [0.2, 0.25) is 10.0 Å². The van der Waals surface area contributed by atoms with Crippen LogP contribution in [0.25, 0.3) is 0 Å². The summed E-state index contributed by atoms with van der Waals surface area (Å²) in [4.78, 5) is 0.0239. The summed E-state index contributed by atoms with van der Waals surface area (Å²) in [6.45, 7) is 4.61. The topological polar surface area (TPSA) is 83.5 Å². The predicted octanol–water partition coefficient (Wildman–Crippen LogP) is 3.54. The van der Waals surface area contributed by atoms with E-state index in [1.165, 1.54) is 28.6 Å². The van der Waals surface area contributed by atoms with Gasteiger partial charge in [0.05, 0.1) is 15.6 Å². The van der Waals surface area contributed by atoms with Crippen LogP contribution in [0.1, 0.15) is 24.0 Å². The van der Waals surface area contributed by atoms with E-state index in [0.29, 0.717) is 13.1 Å². The first-order valence-corrected chi connectivity index (χ1v) is 11.8. The van der Waals surface area contributed by atoms with E-state index < -0.39 is 20.0 Å². The third-order valence-corrected chi connectivity index (χ3v) is 8.41. The molecule has 1 N–H and O–H groups in total. The standard InChI is InChI=1S/C18H21ClN2O4S2/c1-13-5-7-16(11-14(13)2)26(22,23)20-15-6-8-17(19)18(12-15)27(24,25)21-9-3-4-10-21/h5-8,11-12,20H,3-4,9-10H2,1-2H3. The zero-order valence-corrected chi connectivity index (χ0v) is 17.5. The van der Waals surface area contributed by atoms with Crippen molar-refractivity contribution in [3.63, 3.8) is 0 Å². The summed E-state index contributed by atoms with van der Waals surface area (Å²) in [5.74, 6) is 0. The van der Waals surface area contributed by atoms with E-state index in [1.807, 2.05) is 13.8 Å². The second kappa shape index (κ2) is 7.43. The van der Waals surface area contributed by atoms with E-state index in [-0.39, 0.29) is 20.5 Å². The van der Waals surface area contributed by atoms with Gasteiger partial charge in [0, 0.05) is 13.1 Å². The van der Waals surface area contributed by atoms with Crippen LogP contribution in [0.3, 0.4) is 0 Å². The third kappa shape index (κ3) is 4.13. The van der Waals surface area contributed by atoms with Gasteiger partial charge >= 0.3 is 0 Å². The van der Waals surface area contributed by atoms with Gasteiger partial charge in [0.25, 0.3) is 10.0 Å². The lowest BCUT2D eigenvalue weighted by molar-refractivity contribution is 0.477. The summed E-state index contributed by atoms with van der Waals surface area (Å²) in [6.07, 6.45) is 1.60. The van der Waals surface area contributed by atoms with Gasteiger partial charge in [-0.15, -0.1) is 0 Å². The fourth-order valence-electron chi connectivity index (χ4n) is 2.93. The number of anilines is 1. The molecule has 9 heteroatoms. The summed E-state index contributed by atoms with van der Waals surface area (Å²) in [7, 11) is -7.61. The zero-order valence-electron chi connectivity index (χ0n) is 15.1. The van der Waals surface area contributed by atoms with Crippen molar-refractivity contribution in [2.75, 3.05) is 17.8 Å². The van der Waals surface area contributed by atoms with Crippen molar-refractivity contribution < 1.29 is 16.8 Å². The summed E-state index contributed by atoms with van der Waals surface area (Å²) >= 11 is 6.10. The van der Waals surface area contributed by atoms with Crippen molar-refractivity contribution in [2.45, 2.75) is 36.5 Å². The number of hydrogen-bond donors (Lipinski definition) is 1. The van der Waals surface area contributed by atoms with Crippen molar-refractivity contribution in [2.24, 2.45) is 0 Å². The molecule has 1 saturated heterocycles. The van der Waals surface area contributed by atoms with Crippen LogP contribution >= 0.6 is 11.6 Å². The molecule has 6 nitrogen and oxygen atoms in total. The molecule has 0 aliphatic carbocycles. The van der Waals surface area contributed by atoms with E-state index in [4.69, 9.17) is 11.6 Å². The molecule has 0 atom stereocenters. The molecule has 1 fully saturated rings. The average Bonchev–Trinajstić information content (AvgIpc) is 3.14. The Kier molecular flexibility index (Phi) is 5.54. The number of nitrogens with one attached hydrogen (secondary N) is 1. The van der Waals surface area contributed by atoms with Crippen molar-refractivity contribution in [3.05, 3.63) is 52.5 Å². The van der Waals surface area contributed by atoms with Gasteiger partial charge in [0.15, 0.2) is 0 Å². The monoisotopic (exact) mass is 428 g/mol. The minimum atomic E-state index is -3.85. The number of aryl methyl sites for hydroxylation is 2. The van der Waals surface area contributed by atoms with Crippen LogP contribution in [0.5, 0.6) is 0 Å². The Morgan fingerprint density at radius 1 is 0.926 bits per heavy atom. The lowest BCUT2D eigenvalue weighted by Gasteiger charge is -2.17. The Morgan fingerprint density at radius 2 is 1.59 bits per heavy atom. The number of sulfonamides is 2. The van der Waals surface area contributed by atoms with Gasteiger partial charge in [-0.25, -0.2) is 16.8 Å². The van der Waals surface area contributed by atoms with Crippen LogP contribution in [0.4, 0.5) is 5.69 Å². The Bertz CT molecular complexity index is 1080. The Labute approximate surface area is 165 Å². The van der Waals surface area contributed by atoms with Gasteiger partial charge in [-0.2, -0.15) is 4.31 Å². The van der Waals surface area contributed by atoms with Crippen LogP contribution < -0.4 is 4.72 Å². The van der Waals surface area contributed by atoms with Gasteiger partial charge in [-0.1, -0.05) is 17.7 Å². The third-order valence-electron chi connectivity index (χ3n) is 4.65. The lowest BCUT2D eigenvalue weighted by atomic mass is 10.1. The quantitative estimate of drug-likeness (QED) is 0.789. The highest BCUT2D eigenvalue weighted by molar-refractivity contribution is 7.92. The minimum absolute atomic E-state index is 0.0658. The number of rotatable bonds is 5. The average molecular weight is 429 g/mol. The number of hydrogen-bond acceptors (Lipinski definition) is 4. The van der Waals surface area contributed by atoms with Crippen molar-refractivity contribution in [3.8, 4) is 0 Å². The van der Waals surface area contributed by atoms with Crippen molar-refractivity contribution >= 4 is 37.3 Å². The van der Waals surface area contributed by atoms with Crippen LogP contribution in [0.15, 0.2) is 46.2 Å². The minimum Gasteiger partial charge on any atom is -0.280 e. The van der Waals surface area contributed by atoms with E-state index in [9.17, 15) is 16.8 Å². The Hall–Kier alpha value is -1.61. The summed E-state index contributed by atoms with van der Waals surface area (Å²) in [5, 5.41) is 0.0658. The first kappa shape index (κ1) is 20.1. The molecular weight excluding hydrogens is 408 g/mol. The molecule has 0 radical (unpaired) electrons. The van der Waals surface area contributed by atoms with Gasteiger partial charge < -0.3 is 0 Å². The second-order valence-corrected chi connectivity index (χ2v) is 10.6. The number of halogens is 1. The van der Waals surface area contributed by atoms with Crippen LogP contribution in [-0.2, 0) is 20.0 Å². The molecule has 1 heterocycles. The molecule has 0 unspecified atom stereocenters.